The molecule has 2 aromatic rings. The zero-order valence-electron chi connectivity index (χ0n) is 17.9. The fourth-order valence-corrected chi connectivity index (χ4v) is 3.05. The smallest absolute Gasteiger partial charge is 0.336 e. The number of hydrogen-bond acceptors (Lipinski definition) is 6. The van der Waals surface area contributed by atoms with E-state index >= 15 is 0 Å². The number of anilines is 1. The lowest BCUT2D eigenvalue weighted by Crippen LogP contribution is -2.34. The van der Waals surface area contributed by atoms with Crippen LogP contribution in [0, 0.1) is 6.92 Å². The quantitative estimate of drug-likeness (QED) is 0.496. The second-order valence-electron chi connectivity index (χ2n) is 6.29. The molecule has 3 N–H and O–H groups in total. The molecule has 0 saturated heterocycles. The van der Waals surface area contributed by atoms with Crippen LogP contribution < -0.4 is 24.8 Å². The number of ether oxygens (including phenoxy) is 3. The molecule has 1 amide bonds. The number of carbonyl (C=O) groups is 2. The zero-order chi connectivity index (χ0) is 23.0. The first-order chi connectivity index (χ1) is 14.8. The standard InChI is InChI=1S/C22H26N2O6S/c1-5-28-17-11-14(12-18(29-6-2)19(17)30-7-3)20(25)24-22(31)23-16-10-8-9-15(13(16)4)21(26)27/h8-12H,5-7H2,1-4H3,(H,26,27)(H2,23,24,25,31). The fraction of sp³-hybridized carbons (Fsp3) is 0.318. The van der Waals surface area contributed by atoms with Crippen LogP contribution in [0.4, 0.5) is 5.69 Å². The van der Waals surface area contributed by atoms with Gasteiger partial charge in [0.1, 0.15) is 0 Å². The molecular weight excluding hydrogens is 420 g/mol. The van der Waals surface area contributed by atoms with E-state index in [1.807, 2.05) is 20.8 Å². The lowest BCUT2D eigenvalue weighted by molar-refractivity contribution is 0.0696. The minimum atomic E-state index is -1.04. The Balaban J connectivity index is 2.25. The number of benzene rings is 2. The molecule has 31 heavy (non-hydrogen) atoms. The highest BCUT2D eigenvalue weighted by Gasteiger charge is 2.19. The lowest BCUT2D eigenvalue weighted by atomic mass is 10.1. The molecule has 166 valence electrons. The topological polar surface area (TPSA) is 106 Å². The third kappa shape index (κ3) is 6.08. The number of carboxylic acids is 1. The van der Waals surface area contributed by atoms with Crippen LogP contribution in [0.5, 0.6) is 17.2 Å². The first-order valence-electron chi connectivity index (χ1n) is 9.83. The fourth-order valence-electron chi connectivity index (χ4n) is 2.85. The Morgan fingerprint density at radius 1 is 1.00 bits per heavy atom. The van der Waals surface area contributed by atoms with Crippen molar-refractivity contribution in [3.63, 3.8) is 0 Å². The lowest BCUT2D eigenvalue weighted by Gasteiger charge is -2.17. The van der Waals surface area contributed by atoms with Gasteiger partial charge < -0.3 is 24.6 Å². The monoisotopic (exact) mass is 446 g/mol. The first kappa shape index (κ1) is 23.9. The summed E-state index contributed by atoms with van der Waals surface area (Å²) < 4.78 is 16.9. The summed E-state index contributed by atoms with van der Waals surface area (Å²) in [6.07, 6.45) is 0. The number of thiocarbonyl (C=S) groups is 1. The van der Waals surface area contributed by atoms with Crippen molar-refractivity contribution in [1.82, 2.24) is 5.32 Å². The molecule has 0 aliphatic heterocycles. The predicted molar refractivity (Wildman–Crippen MR) is 122 cm³/mol. The molecule has 0 aromatic heterocycles. The van der Waals surface area contributed by atoms with E-state index in [1.54, 1.807) is 31.2 Å². The van der Waals surface area contributed by atoms with E-state index in [-0.39, 0.29) is 16.2 Å². The summed E-state index contributed by atoms with van der Waals surface area (Å²) in [6, 6.07) is 7.89. The van der Waals surface area contributed by atoms with E-state index in [2.05, 4.69) is 10.6 Å². The number of nitrogens with one attached hydrogen (secondary N) is 2. The van der Waals surface area contributed by atoms with Gasteiger partial charge in [-0.3, -0.25) is 10.1 Å². The average Bonchev–Trinajstić information content (AvgIpc) is 2.71. The van der Waals surface area contributed by atoms with Crippen LogP contribution in [0.3, 0.4) is 0 Å². The Hall–Kier alpha value is -3.33. The molecule has 0 radical (unpaired) electrons. The van der Waals surface area contributed by atoms with Gasteiger partial charge in [0.2, 0.25) is 5.75 Å². The molecule has 0 atom stereocenters. The Morgan fingerprint density at radius 3 is 2.10 bits per heavy atom. The Morgan fingerprint density at radius 2 is 1.58 bits per heavy atom. The van der Waals surface area contributed by atoms with Crippen LogP contribution in [0.2, 0.25) is 0 Å². The zero-order valence-corrected chi connectivity index (χ0v) is 18.7. The normalized spacial score (nSPS) is 10.2. The van der Waals surface area contributed by atoms with Gasteiger partial charge in [-0.05, 0) is 69.7 Å². The van der Waals surface area contributed by atoms with Gasteiger partial charge in [0, 0.05) is 11.3 Å². The van der Waals surface area contributed by atoms with E-state index in [4.69, 9.17) is 26.4 Å². The summed E-state index contributed by atoms with van der Waals surface area (Å²) in [4.78, 5) is 24.1. The van der Waals surface area contributed by atoms with Gasteiger partial charge in [0.25, 0.3) is 5.91 Å². The van der Waals surface area contributed by atoms with Crippen LogP contribution in [0.25, 0.3) is 0 Å². The summed E-state index contributed by atoms with van der Waals surface area (Å²) in [5.41, 5.74) is 1.41. The van der Waals surface area contributed by atoms with Crippen LogP contribution in [0.15, 0.2) is 30.3 Å². The number of rotatable bonds is 9. The van der Waals surface area contributed by atoms with Gasteiger partial charge in [0.05, 0.1) is 25.4 Å². The molecule has 0 unspecified atom stereocenters. The molecule has 2 aromatic carbocycles. The van der Waals surface area contributed by atoms with Crippen molar-refractivity contribution in [2.24, 2.45) is 0 Å². The van der Waals surface area contributed by atoms with Crippen LogP contribution >= 0.6 is 12.2 Å². The number of aromatic carboxylic acids is 1. The highest BCUT2D eigenvalue weighted by molar-refractivity contribution is 7.80. The molecule has 0 spiro atoms. The minimum absolute atomic E-state index is 0.0282. The Bertz CT molecular complexity index is 949. The van der Waals surface area contributed by atoms with Crippen molar-refractivity contribution < 1.29 is 28.9 Å². The second-order valence-corrected chi connectivity index (χ2v) is 6.70. The van der Waals surface area contributed by atoms with Crippen molar-refractivity contribution in [2.75, 3.05) is 25.1 Å². The van der Waals surface area contributed by atoms with E-state index in [0.29, 0.717) is 48.3 Å². The largest absolute Gasteiger partial charge is 0.490 e. The van der Waals surface area contributed by atoms with E-state index in [9.17, 15) is 14.7 Å². The predicted octanol–water partition coefficient (Wildman–Crippen LogP) is 4.02. The highest BCUT2D eigenvalue weighted by Crippen LogP contribution is 2.39. The third-order valence-electron chi connectivity index (χ3n) is 4.21. The summed E-state index contributed by atoms with van der Waals surface area (Å²) >= 11 is 5.24. The number of hydrogen-bond donors (Lipinski definition) is 3. The third-order valence-corrected chi connectivity index (χ3v) is 4.41. The van der Waals surface area contributed by atoms with Gasteiger partial charge >= 0.3 is 5.97 Å². The summed E-state index contributed by atoms with van der Waals surface area (Å²) in [7, 11) is 0. The number of carbonyl (C=O) groups excluding carboxylic acids is 1. The summed E-state index contributed by atoms with van der Waals surface area (Å²) in [5, 5.41) is 14.7. The first-order valence-corrected chi connectivity index (χ1v) is 10.2. The molecule has 8 nitrogen and oxygen atoms in total. The van der Waals surface area contributed by atoms with Crippen molar-refractivity contribution in [3.8, 4) is 17.2 Å². The van der Waals surface area contributed by atoms with Gasteiger partial charge in [-0.25, -0.2) is 4.79 Å². The van der Waals surface area contributed by atoms with Gasteiger partial charge in [-0.15, -0.1) is 0 Å². The number of carboxylic acid groups (broad SMARTS) is 1. The number of amides is 1. The molecule has 0 bridgehead atoms. The maximum atomic E-state index is 12.8. The molecule has 0 saturated carbocycles. The average molecular weight is 447 g/mol. The Kier molecular flexibility index (Phi) is 8.63. The van der Waals surface area contributed by atoms with Gasteiger partial charge in [0.15, 0.2) is 16.6 Å². The van der Waals surface area contributed by atoms with Crippen LogP contribution in [0.1, 0.15) is 47.1 Å². The maximum Gasteiger partial charge on any atom is 0.336 e. The molecule has 2 rings (SSSR count). The molecule has 9 heteroatoms. The second kappa shape index (κ2) is 11.2. The minimum Gasteiger partial charge on any atom is -0.490 e. The highest BCUT2D eigenvalue weighted by atomic mass is 32.1. The molecule has 0 fully saturated rings. The van der Waals surface area contributed by atoms with E-state index in [1.165, 1.54) is 6.07 Å². The van der Waals surface area contributed by atoms with E-state index in [0.717, 1.165) is 0 Å². The van der Waals surface area contributed by atoms with Crippen molar-refractivity contribution in [3.05, 3.63) is 47.0 Å². The van der Waals surface area contributed by atoms with Gasteiger partial charge in [-0.1, -0.05) is 6.07 Å². The van der Waals surface area contributed by atoms with Crippen molar-refractivity contribution >= 4 is 34.9 Å². The molecular formula is C22H26N2O6S. The molecule has 0 heterocycles. The summed E-state index contributed by atoms with van der Waals surface area (Å²) in [6.45, 7) is 8.34. The SMILES string of the molecule is CCOc1cc(C(=O)NC(=S)Nc2cccc(C(=O)O)c2C)cc(OCC)c1OCC. The van der Waals surface area contributed by atoms with Gasteiger partial charge in [-0.2, -0.15) is 0 Å². The molecule has 0 aliphatic carbocycles. The van der Waals surface area contributed by atoms with Crippen molar-refractivity contribution in [2.45, 2.75) is 27.7 Å². The summed E-state index contributed by atoms with van der Waals surface area (Å²) in [5.74, 6) is -0.301. The van der Waals surface area contributed by atoms with Crippen LogP contribution in [-0.2, 0) is 0 Å². The van der Waals surface area contributed by atoms with Crippen LogP contribution in [-0.4, -0.2) is 41.9 Å². The maximum absolute atomic E-state index is 12.8. The van der Waals surface area contributed by atoms with Crippen molar-refractivity contribution in [1.29, 1.82) is 0 Å². The Labute approximate surface area is 186 Å². The molecule has 0 aliphatic rings. The van der Waals surface area contributed by atoms with E-state index < -0.39 is 11.9 Å².